The maximum absolute atomic E-state index is 13.5. The Morgan fingerprint density at radius 1 is 0.684 bits per heavy atom. The standard InChI is InChI=1S/C10H11F5O3Si/c1-16-19(17-2,18-3)4-5-6(11)8(13)10(15)9(14)7(5)12/h4H2,1-3H3. The van der Waals surface area contributed by atoms with Gasteiger partial charge in [-0.2, -0.15) is 0 Å². The number of hydrogen-bond donors (Lipinski definition) is 0. The van der Waals surface area contributed by atoms with Crippen molar-refractivity contribution in [3.63, 3.8) is 0 Å². The highest BCUT2D eigenvalue weighted by Crippen LogP contribution is 2.26. The second-order valence-electron chi connectivity index (χ2n) is 3.52. The van der Waals surface area contributed by atoms with Crippen LogP contribution in [0.15, 0.2) is 0 Å². The normalized spacial score (nSPS) is 12.0. The van der Waals surface area contributed by atoms with Gasteiger partial charge in [0.15, 0.2) is 23.3 Å². The van der Waals surface area contributed by atoms with Gasteiger partial charge in [-0.15, -0.1) is 0 Å². The Morgan fingerprint density at radius 3 is 1.32 bits per heavy atom. The van der Waals surface area contributed by atoms with Crippen molar-refractivity contribution < 1.29 is 35.2 Å². The molecule has 0 aliphatic carbocycles. The molecule has 1 aromatic carbocycles. The Hall–Kier alpha value is -1.03. The fourth-order valence-electron chi connectivity index (χ4n) is 1.49. The molecule has 0 saturated carbocycles. The van der Waals surface area contributed by atoms with Crippen molar-refractivity contribution in [2.45, 2.75) is 6.04 Å². The van der Waals surface area contributed by atoms with Crippen LogP contribution in [-0.2, 0) is 19.3 Å². The van der Waals surface area contributed by atoms with Crippen molar-refractivity contribution >= 4 is 8.80 Å². The van der Waals surface area contributed by atoms with Crippen LogP contribution in [0.3, 0.4) is 0 Å². The molecule has 0 N–H and O–H groups in total. The summed E-state index contributed by atoms with van der Waals surface area (Å²) in [6, 6.07) is -0.678. The average molecular weight is 302 g/mol. The zero-order valence-electron chi connectivity index (χ0n) is 10.3. The molecule has 0 heterocycles. The molecule has 0 radical (unpaired) electrons. The van der Waals surface area contributed by atoms with Crippen LogP contribution in [0.1, 0.15) is 5.56 Å². The molecule has 3 nitrogen and oxygen atoms in total. The number of hydrogen-bond acceptors (Lipinski definition) is 3. The van der Waals surface area contributed by atoms with Crippen molar-refractivity contribution in [2.24, 2.45) is 0 Å². The lowest BCUT2D eigenvalue weighted by Gasteiger charge is -2.24. The zero-order chi connectivity index (χ0) is 14.8. The first-order chi connectivity index (χ1) is 8.83. The van der Waals surface area contributed by atoms with Gasteiger partial charge in [-0.25, -0.2) is 22.0 Å². The molecule has 0 aliphatic heterocycles. The van der Waals surface area contributed by atoms with E-state index in [0.29, 0.717) is 0 Å². The lowest BCUT2D eigenvalue weighted by Crippen LogP contribution is -2.46. The third kappa shape index (κ3) is 2.78. The summed E-state index contributed by atoms with van der Waals surface area (Å²) in [5.41, 5.74) is -1.02. The van der Waals surface area contributed by atoms with Gasteiger partial charge < -0.3 is 13.3 Å². The Morgan fingerprint density at radius 2 is 1.00 bits per heavy atom. The second-order valence-corrected chi connectivity index (χ2v) is 6.46. The summed E-state index contributed by atoms with van der Waals surface area (Å²) in [6.07, 6.45) is 0. The maximum atomic E-state index is 13.5. The van der Waals surface area contributed by atoms with E-state index in [1.54, 1.807) is 0 Å². The molecule has 0 bridgehead atoms. The molecule has 0 aromatic heterocycles. The van der Waals surface area contributed by atoms with E-state index >= 15 is 0 Å². The van der Waals surface area contributed by atoms with Gasteiger partial charge in [0, 0.05) is 32.9 Å². The summed E-state index contributed by atoms with van der Waals surface area (Å²) < 4.78 is 80.5. The molecule has 0 spiro atoms. The predicted octanol–water partition coefficient (Wildman–Crippen LogP) is 2.34. The van der Waals surface area contributed by atoms with Crippen molar-refractivity contribution in [3.8, 4) is 0 Å². The Labute approximate surface area is 107 Å². The van der Waals surface area contributed by atoms with Crippen LogP contribution in [-0.4, -0.2) is 30.1 Å². The van der Waals surface area contributed by atoms with Crippen molar-refractivity contribution in [2.75, 3.05) is 21.3 Å². The molecule has 0 unspecified atom stereocenters. The molecule has 0 saturated heterocycles. The van der Waals surface area contributed by atoms with Gasteiger partial charge in [0.25, 0.3) is 0 Å². The molecule has 9 heteroatoms. The molecule has 0 atom stereocenters. The van der Waals surface area contributed by atoms with Gasteiger partial charge in [0.1, 0.15) is 0 Å². The monoisotopic (exact) mass is 302 g/mol. The summed E-state index contributed by atoms with van der Waals surface area (Å²) in [4.78, 5) is 0. The first-order valence-electron chi connectivity index (χ1n) is 4.99. The smallest absolute Gasteiger partial charge is 0.377 e. The van der Waals surface area contributed by atoms with Crippen LogP contribution in [0.5, 0.6) is 0 Å². The molecule has 0 fully saturated rings. The fraction of sp³-hybridized carbons (Fsp3) is 0.400. The van der Waals surface area contributed by atoms with Crippen LogP contribution < -0.4 is 0 Å². The Kier molecular flexibility index (Phi) is 5.02. The summed E-state index contributed by atoms with van der Waals surface area (Å²) in [5.74, 6) is -10.1. The minimum atomic E-state index is -3.52. The predicted molar refractivity (Wildman–Crippen MR) is 56.7 cm³/mol. The lowest BCUT2D eigenvalue weighted by molar-refractivity contribution is 0.121. The third-order valence-electron chi connectivity index (χ3n) is 2.63. The Balaban J connectivity index is 3.36. The number of halogens is 5. The maximum Gasteiger partial charge on any atom is 0.504 e. The Bertz CT molecular complexity index is 441. The van der Waals surface area contributed by atoms with E-state index in [2.05, 4.69) is 0 Å². The van der Waals surface area contributed by atoms with E-state index in [0.717, 1.165) is 21.3 Å². The van der Waals surface area contributed by atoms with Crippen LogP contribution >= 0.6 is 0 Å². The summed E-state index contributed by atoms with van der Waals surface area (Å²) in [5, 5.41) is 0. The molecule has 1 rings (SSSR count). The summed E-state index contributed by atoms with van der Waals surface area (Å²) in [6.45, 7) is 0. The topological polar surface area (TPSA) is 27.7 Å². The number of benzene rings is 1. The minimum Gasteiger partial charge on any atom is -0.377 e. The van der Waals surface area contributed by atoms with Gasteiger partial charge in [-0.1, -0.05) is 0 Å². The first kappa shape index (κ1) is 16.0. The summed E-state index contributed by atoms with van der Waals surface area (Å²) >= 11 is 0. The van der Waals surface area contributed by atoms with E-state index in [1.165, 1.54) is 0 Å². The third-order valence-corrected chi connectivity index (χ3v) is 5.28. The molecule has 0 aliphatic rings. The first-order valence-corrected chi connectivity index (χ1v) is 6.92. The summed E-state index contributed by atoms with van der Waals surface area (Å²) in [7, 11) is -0.0460. The SMILES string of the molecule is CO[Si](Cc1c(F)c(F)c(F)c(F)c1F)(OC)OC. The van der Waals surface area contributed by atoms with E-state index in [-0.39, 0.29) is 0 Å². The highest BCUT2D eigenvalue weighted by atomic mass is 28.4. The molecular weight excluding hydrogens is 291 g/mol. The van der Waals surface area contributed by atoms with E-state index in [1.807, 2.05) is 0 Å². The fourth-order valence-corrected chi connectivity index (χ4v) is 3.17. The van der Waals surface area contributed by atoms with Crippen molar-refractivity contribution in [1.29, 1.82) is 0 Å². The van der Waals surface area contributed by atoms with E-state index in [4.69, 9.17) is 13.3 Å². The molecule has 19 heavy (non-hydrogen) atoms. The quantitative estimate of drug-likeness (QED) is 0.362. The average Bonchev–Trinajstić information content (AvgIpc) is 2.44. The zero-order valence-corrected chi connectivity index (χ0v) is 11.3. The molecule has 0 amide bonds. The van der Waals surface area contributed by atoms with Crippen LogP contribution in [0.4, 0.5) is 22.0 Å². The second kappa shape index (κ2) is 5.95. The molecule has 108 valence electrons. The van der Waals surface area contributed by atoms with E-state index in [9.17, 15) is 22.0 Å². The van der Waals surface area contributed by atoms with Gasteiger partial charge >= 0.3 is 8.80 Å². The largest absolute Gasteiger partial charge is 0.504 e. The highest BCUT2D eigenvalue weighted by Gasteiger charge is 2.41. The number of rotatable bonds is 5. The molecular formula is C10H11F5O3Si. The van der Waals surface area contributed by atoms with Gasteiger partial charge in [-0.3, -0.25) is 0 Å². The van der Waals surface area contributed by atoms with Crippen LogP contribution in [0, 0.1) is 29.1 Å². The van der Waals surface area contributed by atoms with Crippen LogP contribution in [0.25, 0.3) is 0 Å². The highest BCUT2D eigenvalue weighted by molar-refractivity contribution is 6.60. The van der Waals surface area contributed by atoms with Gasteiger partial charge in [0.2, 0.25) is 5.82 Å². The van der Waals surface area contributed by atoms with Gasteiger partial charge in [0.05, 0.1) is 0 Å². The van der Waals surface area contributed by atoms with Gasteiger partial charge in [-0.05, 0) is 0 Å². The van der Waals surface area contributed by atoms with Crippen LogP contribution in [0.2, 0.25) is 0 Å². The van der Waals surface area contributed by atoms with Crippen molar-refractivity contribution in [3.05, 3.63) is 34.6 Å². The minimum absolute atomic E-state index is 0.678. The lowest BCUT2D eigenvalue weighted by atomic mass is 10.2. The van der Waals surface area contributed by atoms with Crippen molar-refractivity contribution in [1.82, 2.24) is 0 Å². The van der Waals surface area contributed by atoms with E-state index < -0.39 is 49.5 Å². The molecule has 1 aromatic rings.